The van der Waals surface area contributed by atoms with Crippen LogP contribution in [0.15, 0.2) is 11.6 Å². The normalized spacial score (nSPS) is 31.9. The van der Waals surface area contributed by atoms with E-state index in [0.717, 1.165) is 0 Å². The summed E-state index contributed by atoms with van der Waals surface area (Å²) in [5.74, 6) is 1.28. The maximum absolute atomic E-state index is 8.66. The van der Waals surface area contributed by atoms with Gasteiger partial charge in [-0.25, -0.2) is 0 Å². The summed E-state index contributed by atoms with van der Waals surface area (Å²) < 4.78 is 0. The van der Waals surface area contributed by atoms with Crippen molar-refractivity contribution in [2.24, 2.45) is 11.8 Å². The van der Waals surface area contributed by atoms with Crippen molar-refractivity contribution >= 4 is 0 Å². The van der Waals surface area contributed by atoms with Crippen molar-refractivity contribution in [1.29, 1.82) is 0 Å². The molecule has 0 aliphatic heterocycles. The van der Waals surface area contributed by atoms with Crippen LogP contribution in [0, 0.1) is 11.8 Å². The molecule has 1 aliphatic carbocycles. The quantitative estimate of drug-likeness (QED) is 0.557. The Balaban J connectivity index is 2.27. The van der Waals surface area contributed by atoms with Crippen LogP contribution in [0.25, 0.3) is 0 Å². The lowest BCUT2D eigenvalue weighted by Gasteiger charge is -1.88. The predicted molar refractivity (Wildman–Crippen MR) is 38.1 cm³/mol. The van der Waals surface area contributed by atoms with Crippen molar-refractivity contribution in [2.45, 2.75) is 20.3 Å². The van der Waals surface area contributed by atoms with Gasteiger partial charge in [0.2, 0.25) is 0 Å². The Bertz CT molecular complexity index is 123. The van der Waals surface area contributed by atoms with Gasteiger partial charge in [-0.1, -0.05) is 11.6 Å². The van der Waals surface area contributed by atoms with E-state index in [1.807, 2.05) is 0 Å². The molecule has 0 aromatic heterocycles. The van der Waals surface area contributed by atoms with Crippen LogP contribution in [0.5, 0.6) is 0 Å². The van der Waals surface area contributed by atoms with Crippen molar-refractivity contribution < 1.29 is 5.11 Å². The van der Waals surface area contributed by atoms with Gasteiger partial charge in [0, 0.05) is 6.61 Å². The molecule has 0 amide bonds. The number of aliphatic hydroxyl groups excluding tert-OH is 1. The monoisotopic (exact) mass is 126 g/mol. The SMILES string of the molecule is CC(C)=C[C@H]1C[C@@H]1CO. The molecule has 1 fully saturated rings. The lowest BCUT2D eigenvalue weighted by molar-refractivity contribution is 0.272. The number of aliphatic hydroxyl groups is 1. The van der Waals surface area contributed by atoms with Gasteiger partial charge in [-0.3, -0.25) is 0 Å². The summed E-state index contributed by atoms with van der Waals surface area (Å²) >= 11 is 0. The maximum Gasteiger partial charge on any atom is 0.0465 e. The lowest BCUT2D eigenvalue weighted by atomic mass is 10.2. The zero-order chi connectivity index (χ0) is 6.85. The average molecular weight is 126 g/mol. The first-order chi connectivity index (χ1) is 4.24. The number of allylic oxidation sites excluding steroid dienone is 2. The molecule has 1 aliphatic rings. The van der Waals surface area contributed by atoms with Gasteiger partial charge in [-0.15, -0.1) is 0 Å². The molecule has 52 valence electrons. The molecule has 2 atom stereocenters. The second-order valence-electron chi connectivity index (χ2n) is 3.09. The third-order valence-corrected chi connectivity index (χ3v) is 1.76. The van der Waals surface area contributed by atoms with Crippen LogP contribution in [-0.4, -0.2) is 11.7 Å². The van der Waals surface area contributed by atoms with Gasteiger partial charge in [0.1, 0.15) is 0 Å². The molecule has 1 saturated carbocycles. The minimum atomic E-state index is 0.369. The van der Waals surface area contributed by atoms with E-state index >= 15 is 0 Å². The summed E-state index contributed by atoms with van der Waals surface area (Å²) in [6, 6.07) is 0. The highest BCUT2D eigenvalue weighted by molar-refractivity contribution is 5.06. The fourth-order valence-corrected chi connectivity index (χ4v) is 1.11. The van der Waals surface area contributed by atoms with E-state index in [-0.39, 0.29) is 0 Å². The highest BCUT2D eigenvalue weighted by atomic mass is 16.3. The first-order valence-corrected chi connectivity index (χ1v) is 3.50. The first kappa shape index (κ1) is 6.81. The maximum atomic E-state index is 8.66. The summed E-state index contributed by atoms with van der Waals surface area (Å²) in [7, 11) is 0. The van der Waals surface area contributed by atoms with Gasteiger partial charge >= 0.3 is 0 Å². The fraction of sp³-hybridized carbons (Fsp3) is 0.750. The van der Waals surface area contributed by atoms with Crippen LogP contribution in [0.3, 0.4) is 0 Å². The minimum Gasteiger partial charge on any atom is -0.396 e. The molecule has 1 N–H and O–H groups in total. The molecule has 1 nitrogen and oxygen atoms in total. The molecule has 1 heteroatoms. The Hall–Kier alpha value is -0.300. The third-order valence-electron chi connectivity index (χ3n) is 1.76. The van der Waals surface area contributed by atoms with Crippen molar-refractivity contribution in [3.05, 3.63) is 11.6 Å². The molecule has 0 heterocycles. The molecule has 0 aromatic rings. The lowest BCUT2D eigenvalue weighted by Crippen LogP contribution is -1.85. The van der Waals surface area contributed by atoms with Crippen LogP contribution in [0.4, 0.5) is 0 Å². The number of hydrogen-bond donors (Lipinski definition) is 1. The molecule has 1 rings (SSSR count). The highest BCUT2D eigenvalue weighted by Gasteiger charge is 2.33. The Morgan fingerprint density at radius 3 is 2.67 bits per heavy atom. The molecule has 0 radical (unpaired) electrons. The second-order valence-corrected chi connectivity index (χ2v) is 3.09. The van der Waals surface area contributed by atoms with E-state index in [0.29, 0.717) is 18.4 Å². The van der Waals surface area contributed by atoms with Crippen molar-refractivity contribution in [1.82, 2.24) is 0 Å². The fourth-order valence-electron chi connectivity index (χ4n) is 1.11. The summed E-state index contributed by atoms with van der Waals surface area (Å²) in [5, 5.41) is 8.66. The van der Waals surface area contributed by atoms with E-state index in [1.54, 1.807) is 0 Å². The zero-order valence-corrected chi connectivity index (χ0v) is 6.09. The summed E-state index contributed by atoms with van der Waals surface area (Å²) in [6.45, 7) is 4.58. The van der Waals surface area contributed by atoms with Gasteiger partial charge in [-0.05, 0) is 32.1 Å². The van der Waals surface area contributed by atoms with E-state index in [9.17, 15) is 0 Å². The van der Waals surface area contributed by atoms with Gasteiger partial charge in [-0.2, -0.15) is 0 Å². The number of hydrogen-bond acceptors (Lipinski definition) is 1. The standard InChI is InChI=1S/C8H14O/c1-6(2)3-7-4-8(7)5-9/h3,7-9H,4-5H2,1-2H3/t7-,8+/m0/s1. The van der Waals surface area contributed by atoms with Crippen LogP contribution in [0.2, 0.25) is 0 Å². The highest BCUT2D eigenvalue weighted by Crippen LogP contribution is 2.39. The molecule has 9 heavy (non-hydrogen) atoms. The minimum absolute atomic E-state index is 0.369. The Kier molecular flexibility index (Phi) is 1.91. The molecule has 0 unspecified atom stereocenters. The Morgan fingerprint density at radius 1 is 1.67 bits per heavy atom. The van der Waals surface area contributed by atoms with Gasteiger partial charge in [0.05, 0.1) is 0 Å². The summed E-state index contributed by atoms with van der Waals surface area (Å²) in [5.41, 5.74) is 1.37. The smallest absolute Gasteiger partial charge is 0.0465 e. The molecule has 0 spiro atoms. The molecule has 0 saturated heterocycles. The Labute approximate surface area is 56.4 Å². The second kappa shape index (κ2) is 2.53. The van der Waals surface area contributed by atoms with Crippen LogP contribution in [-0.2, 0) is 0 Å². The molecular formula is C8H14O. The van der Waals surface area contributed by atoms with E-state index in [4.69, 9.17) is 5.11 Å². The van der Waals surface area contributed by atoms with E-state index < -0.39 is 0 Å². The average Bonchev–Trinajstić information content (AvgIpc) is 2.45. The van der Waals surface area contributed by atoms with E-state index in [1.165, 1.54) is 12.0 Å². The van der Waals surface area contributed by atoms with Crippen molar-refractivity contribution in [2.75, 3.05) is 6.61 Å². The molecule has 0 bridgehead atoms. The molecule has 0 aromatic carbocycles. The van der Waals surface area contributed by atoms with Crippen LogP contribution in [0.1, 0.15) is 20.3 Å². The third kappa shape index (κ3) is 1.83. The predicted octanol–water partition coefficient (Wildman–Crippen LogP) is 1.58. The Morgan fingerprint density at radius 2 is 2.33 bits per heavy atom. The molecular weight excluding hydrogens is 112 g/mol. The van der Waals surface area contributed by atoms with Gasteiger partial charge < -0.3 is 5.11 Å². The van der Waals surface area contributed by atoms with Crippen molar-refractivity contribution in [3.8, 4) is 0 Å². The summed E-state index contributed by atoms with van der Waals surface area (Å²) in [4.78, 5) is 0. The van der Waals surface area contributed by atoms with Crippen LogP contribution >= 0.6 is 0 Å². The largest absolute Gasteiger partial charge is 0.396 e. The first-order valence-electron chi connectivity index (χ1n) is 3.50. The van der Waals surface area contributed by atoms with E-state index in [2.05, 4.69) is 19.9 Å². The zero-order valence-electron chi connectivity index (χ0n) is 6.09. The summed E-state index contributed by atoms with van der Waals surface area (Å²) in [6.07, 6.45) is 3.45. The van der Waals surface area contributed by atoms with Gasteiger partial charge in [0.25, 0.3) is 0 Å². The topological polar surface area (TPSA) is 20.2 Å². The van der Waals surface area contributed by atoms with Crippen LogP contribution < -0.4 is 0 Å². The number of rotatable bonds is 2. The van der Waals surface area contributed by atoms with Gasteiger partial charge in [0.15, 0.2) is 0 Å². The van der Waals surface area contributed by atoms with Crippen molar-refractivity contribution in [3.63, 3.8) is 0 Å².